The van der Waals surface area contributed by atoms with Gasteiger partial charge in [-0.3, -0.25) is 9.62 Å². The van der Waals surface area contributed by atoms with Crippen LogP contribution in [0.3, 0.4) is 0 Å². The van der Waals surface area contributed by atoms with Gasteiger partial charge >= 0.3 is 6.03 Å². The summed E-state index contributed by atoms with van der Waals surface area (Å²) in [6.45, 7) is 3.84. The number of halogens is 1. The number of hydrogen-bond donors (Lipinski definition) is 1. The van der Waals surface area contributed by atoms with E-state index in [-0.39, 0.29) is 10.9 Å². The number of rotatable bonds is 6. The molecule has 1 fully saturated rings. The molecule has 0 unspecified atom stereocenters. The molecule has 32 heavy (non-hydrogen) atoms. The molecule has 0 aliphatic carbocycles. The summed E-state index contributed by atoms with van der Waals surface area (Å²) in [6, 6.07) is 20.9. The van der Waals surface area contributed by atoms with Crippen LogP contribution >= 0.6 is 11.6 Å². The van der Waals surface area contributed by atoms with E-state index in [9.17, 15) is 13.2 Å². The standard InChI is InChI=1S/C24H24ClN3O3S/c1-18-6-8-19(9-7-18)17-27-14-3-15-28(24(27)29)22-5-2-4-21(16-22)26-32(30,31)23-12-10-20(25)11-13-23/h2,4-13,16,26H,3,14-15,17H2,1H3. The molecular weight excluding hydrogens is 446 g/mol. The lowest BCUT2D eigenvalue weighted by Gasteiger charge is -2.36. The van der Waals surface area contributed by atoms with Crippen molar-refractivity contribution in [2.24, 2.45) is 0 Å². The average molecular weight is 470 g/mol. The molecule has 4 rings (SSSR count). The number of amides is 2. The minimum absolute atomic E-state index is 0.0884. The van der Waals surface area contributed by atoms with Gasteiger partial charge in [-0.1, -0.05) is 47.5 Å². The van der Waals surface area contributed by atoms with E-state index in [1.807, 2.05) is 42.2 Å². The van der Waals surface area contributed by atoms with Crippen LogP contribution in [-0.4, -0.2) is 32.4 Å². The van der Waals surface area contributed by atoms with E-state index in [1.165, 1.54) is 29.8 Å². The second kappa shape index (κ2) is 9.22. The number of nitrogens with one attached hydrogen (secondary N) is 1. The van der Waals surface area contributed by atoms with Crippen LogP contribution in [0.25, 0.3) is 0 Å². The van der Waals surface area contributed by atoms with Crippen LogP contribution in [0.2, 0.25) is 5.02 Å². The summed E-state index contributed by atoms with van der Waals surface area (Å²) in [7, 11) is -3.77. The van der Waals surface area contributed by atoms with Gasteiger partial charge in [-0.25, -0.2) is 13.2 Å². The van der Waals surface area contributed by atoms with Crippen molar-refractivity contribution in [2.45, 2.75) is 24.8 Å². The Morgan fingerprint density at radius 2 is 1.69 bits per heavy atom. The zero-order valence-electron chi connectivity index (χ0n) is 17.7. The van der Waals surface area contributed by atoms with Crippen molar-refractivity contribution in [2.75, 3.05) is 22.7 Å². The van der Waals surface area contributed by atoms with Crippen LogP contribution in [0, 0.1) is 6.92 Å². The largest absolute Gasteiger partial charge is 0.324 e. The number of anilines is 2. The molecule has 3 aromatic rings. The van der Waals surface area contributed by atoms with E-state index in [2.05, 4.69) is 4.72 Å². The molecule has 3 aromatic carbocycles. The van der Waals surface area contributed by atoms with Gasteiger partial charge in [0.15, 0.2) is 0 Å². The Balaban J connectivity index is 1.51. The molecule has 1 aliphatic rings. The first-order chi connectivity index (χ1) is 15.3. The van der Waals surface area contributed by atoms with Gasteiger partial charge in [0.1, 0.15) is 0 Å². The maximum atomic E-state index is 13.1. The monoisotopic (exact) mass is 469 g/mol. The lowest BCUT2D eigenvalue weighted by atomic mass is 10.1. The third-order valence-electron chi connectivity index (χ3n) is 5.34. The van der Waals surface area contributed by atoms with Crippen molar-refractivity contribution in [3.63, 3.8) is 0 Å². The number of urea groups is 1. The first kappa shape index (κ1) is 22.2. The van der Waals surface area contributed by atoms with E-state index in [1.54, 1.807) is 23.1 Å². The van der Waals surface area contributed by atoms with Gasteiger partial charge in [0.25, 0.3) is 10.0 Å². The summed E-state index contributed by atoms with van der Waals surface area (Å²) in [5.74, 6) is 0. The summed E-state index contributed by atoms with van der Waals surface area (Å²) in [4.78, 5) is 16.8. The predicted octanol–water partition coefficient (Wildman–Crippen LogP) is 5.28. The fraction of sp³-hybridized carbons (Fsp3) is 0.208. The molecule has 1 aliphatic heterocycles. The average Bonchev–Trinajstić information content (AvgIpc) is 2.77. The smallest absolute Gasteiger partial charge is 0.320 e. The van der Waals surface area contributed by atoms with Crippen LogP contribution in [0.1, 0.15) is 17.5 Å². The highest BCUT2D eigenvalue weighted by Crippen LogP contribution is 2.26. The Hall–Kier alpha value is -3.03. The third-order valence-corrected chi connectivity index (χ3v) is 6.99. The molecule has 1 saturated heterocycles. The number of hydrogen-bond acceptors (Lipinski definition) is 3. The van der Waals surface area contributed by atoms with Crippen LogP contribution < -0.4 is 9.62 Å². The van der Waals surface area contributed by atoms with Gasteiger partial charge in [0, 0.05) is 30.3 Å². The highest BCUT2D eigenvalue weighted by Gasteiger charge is 2.27. The molecule has 0 radical (unpaired) electrons. The maximum absolute atomic E-state index is 13.1. The molecular formula is C24H24ClN3O3S. The van der Waals surface area contributed by atoms with Crippen molar-refractivity contribution in [3.8, 4) is 0 Å². The molecule has 166 valence electrons. The minimum atomic E-state index is -3.77. The van der Waals surface area contributed by atoms with E-state index in [0.717, 1.165) is 12.0 Å². The summed E-state index contributed by atoms with van der Waals surface area (Å²) >= 11 is 5.86. The van der Waals surface area contributed by atoms with Gasteiger partial charge in [-0.05, 0) is 61.4 Å². The maximum Gasteiger partial charge on any atom is 0.324 e. The number of benzene rings is 3. The number of carbonyl (C=O) groups is 1. The second-order valence-corrected chi connectivity index (χ2v) is 9.92. The SMILES string of the molecule is Cc1ccc(CN2CCCN(c3cccc(NS(=O)(=O)c4ccc(Cl)cc4)c3)C2=O)cc1. The van der Waals surface area contributed by atoms with Crippen LogP contribution in [0.4, 0.5) is 16.2 Å². The normalized spacial score (nSPS) is 14.5. The lowest BCUT2D eigenvalue weighted by Crippen LogP contribution is -2.49. The molecule has 8 heteroatoms. The molecule has 1 N–H and O–H groups in total. The van der Waals surface area contributed by atoms with Gasteiger partial charge in [-0.2, -0.15) is 0 Å². The highest BCUT2D eigenvalue weighted by molar-refractivity contribution is 7.92. The van der Waals surface area contributed by atoms with Gasteiger partial charge < -0.3 is 4.90 Å². The summed E-state index contributed by atoms with van der Waals surface area (Å²) in [6.07, 6.45) is 0.832. The van der Waals surface area contributed by atoms with Gasteiger partial charge in [0.05, 0.1) is 10.6 Å². The Kier molecular flexibility index (Phi) is 6.39. The Morgan fingerprint density at radius 3 is 2.41 bits per heavy atom. The zero-order chi connectivity index (χ0) is 22.7. The Morgan fingerprint density at radius 1 is 0.969 bits per heavy atom. The number of nitrogens with zero attached hydrogens (tertiary/aromatic N) is 2. The highest BCUT2D eigenvalue weighted by atomic mass is 35.5. The number of sulfonamides is 1. The molecule has 0 atom stereocenters. The molecule has 0 aromatic heterocycles. The molecule has 6 nitrogen and oxygen atoms in total. The second-order valence-electron chi connectivity index (χ2n) is 7.80. The van der Waals surface area contributed by atoms with E-state index in [0.29, 0.717) is 36.0 Å². The van der Waals surface area contributed by atoms with Crippen molar-refractivity contribution in [1.82, 2.24) is 4.90 Å². The van der Waals surface area contributed by atoms with Crippen molar-refractivity contribution in [3.05, 3.63) is 88.9 Å². The first-order valence-electron chi connectivity index (χ1n) is 10.3. The Bertz CT molecular complexity index is 1210. The Labute approximate surface area is 193 Å². The molecule has 0 spiro atoms. The fourth-order valence-electron chi connectivity index (χ4n) is 3.65. The number of aryl methyl sites for hydroxylation is 1. The van der Waals surface area contributed by atoms with E-state index < -0.39 is 10.0 Å². The molecule has 0 bridgehead atoms. The topological polar surface area (TPSA) is 69.7 Å². The first-order valence-corrected chi connectivity index (χ1v) is 12.2. The quantitative estimate of drug-likeness (QED) is 0.533. The van der Waals surface area contributed by atoms with E-state index in [4.69, 9.17) is 11.6 Å². The van der Waals surface area contributed by atoms with Crippen LogP contribution in [0.5, 0.6) is 0 Å². The van der Waals surface area contributed by atoms with Gasteiger partial charge in [0.2, 0.25) is 0 Å². The van der Waals surface area contributed by atoms with Crippen molar-refractivity contribution < 1.29 is 13.2 Å². The lowest BCUT2D eigenvalue weighted by molar-refractivity contribution is 0.192. The summed E-state index contributed by atoms with van der Waals surface area (Å²) in [5.41, 5.74) is 3.30. The zero-order valence-corrected chi connectivity index (χ0v) is 19.2. The minimum Gasteiger partial charge on any atom is -0.320 e. The van der Waals surface area contributed by atoms with E-state index >= 15 is 0 Å². The van der Waals surface area contributed by atoms with Crippen molar-refractivity contribution >= 4 is 39.0 Å². The molecule has 1 heterocycles. The molecule has 2 amide bonds. The van der Waals surface area contributed by atoms with Crippen molar-refractivity contribution in [1.29, 1.82) is 0 Å². The van der Waals surface area contributed by atoms with Crippen LogP contribution in [-0.2, 0) is 16.6 Å². The van der Waals surface area contributed by atoms with Gasteiger partial charge in [-0.15, -0.1) is 0 Å². The predicted molar refractivity (Wildman–Crippen MR) is 128 cm³/mol. The third kappa shape index (κ3) is 5.06. The summed E-state index contributed by atoms with van der Waals surface area (Å²) in [5, 5.41) is 0.463. The fourth-order valence-corrected chi connectivity index (χ4v) is 4.82. The summed E-state index contributed by atoms with van der Waals surface area (Å²) < 4.78 is 28.0. The molecule has 0 saturated carbocycles. The number of carbonyl (C=O) groups excluding carboxylic acids is 1. The van der Waals surface area contributed by atoms with Crippen LogP contribution in [0.15, 0.2) is 77.7 Å².